The number of likely N-dealkylation sites (tertiary alicyclic amines) is 1. The highest BCUT2D eigenvalue weighted by molar-refractivity contribution is 5.49. The van der Waals surface area contributed by atoms with E-state index in [0.29, 0.717) is 12.0 Å². The van der Waals surface area contributed by atoms with Crippen molar-refractivity contribution < 1.29 is 27.8 Å². The van der Waals surface area contributed by atoms with E-state index >= 15 is 0 Å². The van der Waals surface area contributed by atoms with Gasteiger partial charge in [-0.2, -0.15) is 0 Å². The molecule has 1 fully saturated rings. The number of amides is 1. The molecule has 0 bridgehead atoms. The van der Waals surface area contributed by atoms with Crippen molar-refractivity contribution in [1.29, 1.82) is 0 Å². The first kappa shape index (κ1) is 25.3. The number of carbonyl (C=O) groups excluding carboxylic acids is 1. The summed E-state index contributed by atoms with van der Waals surface area (Å²) in [6, 6.07) is 8.06. The predicted molar refractivity (Wildman–Crippen MR) is 124 cm³/mol. The number of aromatic nitrogens is 3. The van der Waals surface area contributed by atoms with Gasteiger partial charge in [-0.25, -0.2) is 9.36 Å². The van der Waals surface area contributed by atoms with Crippen molar-refractivity contribution in [1.82, 2.24) is 24.3 Å². The highest BCUT2D eigenvalue weighted by atomic mass is 19.4. The van der Waals surface area contributed by atoms with Gasteiger partial charge in [0.05, 0.1) is 11.4 Å². The van der Waals surface area contributed by atoms with E-state index in [-0.39, 0.29) is 17.3 Å². The fourth-order valence-electron chi connectivity index (χ4n) is 4.49. The second kappa shape index (κ2) is 10.1. The Morgan fingerprint density at radius 1 is 1.19 bits per heavy atom. The van der Waals surface area contributed by atoms with E-state index < -0.39 is 29.8 Å². The normalized spacial score (nSPS) is 16.0. The molecular formula is C24H26F3N5O4. The number of benzene rings is 1. The van der Waals surface area contributed by atoms with Crippen molar-refractivity contribution in [2.24, 2.45) is 0 Å². The first-order valence-electron chi connectivity index (χ1n) is 11.3. The van der Waals surface area contributed by atoms with Crippen molar-refractivity contribution >= 4 is 6.41 Å². The van der Waals surface area contributed by atoms with Crippen LogP contribution in [-0.2, 0) is 4.79 Å². The number of rotatable bonds is 7. The molecule has 0 spiro atoms. The summed E-state index contributed by atoms with van der Waals surface area (Å²) in [7, 11) is 2.06. The van der Waals surface area contributed by atoms with E-state index in [9.17, 15) is 27.9 Å². The molecule has 1 aliphatic rings. The number of aromatic hydroxyl groups is 1. The third-order valence-electron chi connectivity index (χ3n) is 6.36. The van der Waals surface area contributed by atoms with E-state index in [1.54, 1.807) is 12.3 Å². The molecule has 0 aliphatic carbocycles. The number of hydrogen-bond acceptors (Lipinski definition) is 6. The largest absolute Gasteiger partial charge is 0.573 e. The molecule has 2 N–H and O–H groups in total. The number of halogens is 3. The van der Waals surface area contributed by atoms with Crippen LogP contribution >= 0.6 is 0 Å². The van der Waals surface area contributed by atoms with E-state index in [1.165, 1.54) is 23.6 Å². The lowest BCUT2D eigenvalue weighted by molar-refractivity contribution is -0.274. The van der Waals surface area contributed by atoms with Gasteiger partial charge in [-0.1, -0.05) is 0 Å². The molecule has 0 saturated carbocycles. The molecule has 12 heteroatoms. The quantitative estimate of drug-likeness (QED) is 0.479. The summed E-state index contributed by atoms with van der Waals surface area (Å²) in [6.07, 6.45) is -1.84. The van der Waals surface area contributed by atoms with Gasteiger partial charge in [0.25, 0.3) is 0 Å². The smallest absolute Gasteiger partial charge is 0.493 e. The minimum atomic E-state index is -4.86. The molecule has 36 heavy (non-hydrogen) atoms. The molecule has 3 aromatic rings. The number of pyridine rings is 1. The molecule has 0 radical (unpaired) electrons. The second-order valence-electron chi connectivity index (χ2n) is 8.72. The van der Waals surface area contributed by atoms with Crippen LogP contribution in [0, 0.1) is 6.92 Å². The third kappa shape index (κ3) is 5.23. The number of hydrogen-bond donors (Lipinski definition) is 2. The molecule has 1 aliphatic heterocycles. The zero-order valence-electron chi connectivity index (χ0n) is 19.7. The fraction of sp³-hybridized carbons (Fsp3) is 0.375. The van der Waals surface area contributed by atoms with Crippen LogP contribution in [0.25, 0.3) is 5.69 Å². The molecule has 4 rings (SSSR count). The Morgan fingerprint density at radius 2 is 1.86 bits per heavy atom. The van der Waals surface area contributed by atoms with E-state index in [2.05, 4.69) is 27.0 Å². The van der Waals surface area contributed by atoms with Crippen LogP contribution in [0.2, 0.25) is 0 Å². The zero-order chi connectivity index (χ0) is 26.0. The van der Waals surface area contributed by atoms with Crippen molar-refractivity contribution in [3.8, 4) is 17.3 Å². The van der Waals surface area contributed by atoms with Gasteiger partial charge in [0.2, 0.25) is 12.3 Å². The molecule has 1 aromatic carbocycles. The standard InChI is InChI=1S/C24H26F3N5O4/c1-15-22(34)32(18-3-5-19(6-4-18)36-24(25,26)27)23(35)31(15)21(29-14-33)17-7-10-28-20(13-17)16-8-11-30(2)12-9-16/h3-7,10,13-14,16,21,34H,8-9,11-12H2,1-2H3,(H,29,33). The van der Waals surface area contributed by atoms with Gasteiger partial charge in [0, 0.05) is 17.8 Å². The second-order valence-corrected chi connectivity index (χ2v) is 8.72. The summed E-state index contributed by atoms with van der Waals surface area (Å²) in [6.45, 7) is 3.39. The van der Waals surface area contributed by atoms with Crippen LogP contribution in [0.3, 0.4) is 0 Å². The number of piperidine rings is 1. The van der Waals surface area contributed by atoms with Crippen LogP contribution in [0.5, 0.6) is 11.6 Å². The third-order valence-corrected chi connectivity index (χ3v) is 6.36. The Morgan fingerprint density at radius 3 is 2.47 bits per heavy atom. The molecule has 1 amide bonds. The first-order valence-corrected chi connectivity index (χ1v) is 11.3. The Hall–Kier alpha value is -3.80. The van der Waals surface area contributed by atoms with Gasteiger partial charge < -0.3 is 20.1 Å². The maximum Gasteiger partial charge on any atom is 0.573 e. The summed E-state index contributed by atoms with van der Waals surface area (Å²) in [5.74, 6) is -0.633. The zero-order valence-corrected chi connectivity index (χ0v) is 19.7. The molecule has 3 heterocycles. The Labute approximate surface area is 204 Å². The number of alkyl halides is 3. The average Bonchev–Trinajstić information content (AvgIpc) is 3.05. The molecule has 1 atom stereocenters. The lowest BCUT2D eigenvalue weighted by Crippen LogP contribution is -2.36. The van der Waals surface area contributed by atoms with Gasteiger partial charge in [-0.3, -0.25) is 14.3 Å². The maximum atomic E-state index is 13.4. The van der Waals surface area contributed by atoms with Crippen LogP contribution in [0.15, 0.2) is 47.4 Å². The summed E-state index contributed by atoms with van der Waals surface area (Å²) in [5.41, 5.74) is 1.05. The van der Waals surface area contributed by atoms with Crippen LogP contribution in [0.4, 0.5) is 13.2 Å². The van der Waals surface area contributed by atoms with Crippen molar-refractivity contribution in [2.45, 2.75) is 38.2 Å². The fourth-order valence-corrected chi connectivity index (χ4v) is 4.49. The summed E-state index contributed by atoms with van der Waals surface area (Å²) >= 11 is 0. The Kier molecular flexibility index (Phi) is 7.07. The molecular weight excluding hydrogens is 479 g/mol. The molecule has 2 aromatic heterocycles. The molecule has 1 unspecified atom stereocenters. The van der Waals surface area contributed by atoms with Gasteiger partial charge in [-0.15, -0.1) is 13.2 Å². The van der Waals surface area contributed by atoms with Crippen LogP contribution < -0.4 is 15.7 Å². The number of imidazole rings is 1. The minimum absolute atomic E-state index is 0.125. The Bertz CT molecular complexity index is 1280. The van der Waals surface area contributed by atoms with Crippen molar-refractivity contribution in [3.05, 3.63) is 70.0 Å². The average molecular weight is 505 g/mol. The van der Waals surface area contributed by atoms with Crippen molar-refractivity contribution in [3.63, 3.8) is 0 Å². The van der Waals surface area contributed by atoms with Crippen LogP contribution in [-0.4, -0.2) is 57.0 Å². The topological polar surface area (TPSA) is 102 Å². The van der Waals surface area contributed by atoms with E-state index in [1.807, 2.05) is 6.07 Å². The van der Waals surface area contributed by atoms with E-state index in [0.717, 1.165) is 48.3 Å². The maximum absolute atomic E-state index is 13.4. The molecule has 1 saturated heterocycles. The van der Waals surface area contributed by atoms with Crippen molar-refractivity contribution in [2.75, 3.05) is 20.1 Å². The number of carbonyl (C=O) groups is 1. The van der Waals surface area contributed by atoms with Gasteiger partial charge >= 0.3 is 12.1 Å². The minimum Gasteiger partial charge on any atom is -0.493 e. The van der Waals surface area contributed by atoms with E-state index in [4.69, 9.17) is 0 Å². The van der Waals surface area contributed by atoms with Crippen LogP contribution in [0.1, 0.15) is 41.9 Å². The predicted octanol–water partition coefficient (Wildman–Crippen LogP) is 3.05. The molecule has 9 nitrogen and oxygen atoms in total. The first-order chi connectivity index (χ1) is 17.1. The lowest BCUT2D eigenvalue weighted by Gasteiger charge is -2.29. The monoisotopic (exact) mass is 505 g/mol. The lowest BCUT2D eigenvalue weighted by atomic mass is 9.92. The number of nitrogens with one attached hydrogen (secondary N) is 1. The number of ether oxygens (including phenoxy) is 1. The summed E-state index contributed by atoms with van der Waals surface area (Å²) in [5, 5.41) is 13.4. The highest BCUT2D eigenvalue weighted by Gasteiger charge is 2.31. The number of nitrogens with zero attached hydrogens (tertiary/aromatic N) is 4. The molecule has 192 valence electrons. The highest BCUT2D eigenvalue weighted by Crippen LogP contribution is 2.30. The van der Waals surface area contributed by atoms with Gasteiger partial charge in [-0.05, 0) is 81.9 Å². The Balaban J connectivity index is 1.71. The van der Waals surface area contributed by atoms with Gasteiger partial charge in [0.1, 0.15) is 11.9 Å². The van der Waals surface area contributed by atoms with Gasteiger partial charge in [0.15, 0.2) is 0 Å². The summed E-state index contributed by atoms with van der Waals surface area (Å²) < 4.78 is 43.5. The summed E-state index contributed by atoms with van der Waals surface area (Å²) in [4.78, 5) is 31.7. The SMILES string of the molecule is Cc1c(O)n(-c2ccc(OC(F)(F)F)cc2)c(=O)n1C(NC=O)c1ccnc(C2CCN(C)CC2)c1.